The molecule has 2 nitrogen and oxygen atoms in total. The Morgan fingerprint density at radius 3 is 1.01 bits per heavy atom. The molecular weight excluding hydrogens is 1070 g/mol. The van der Waals surface area contributed by atoms with E-state index in [0.29, 0.717) is 0 Å². The molecule has 0 saturated heterocycles. The van der Waals surface area contributed by atoms with E-state index in [9.17, 15) is 0 Å². The first-order chi connectivity index (χ1) is 43.1. The summed E-state index contributed by atoms with van der Waals surface area (Å²) in [5, 5.41) is 4.97. The van der Waals surface area contributed by atoms with Crippen molar-refractivity contribution in [2.45, 2.75) is 78.6 Å². The molecule has 0 bridgehead atoms. The zero-order valence-electron chi connectivity index (χ0n) is 52.5. The molecule has 0 amide bonds. The average molecular weight is 1150 g/mol. The number of fused-ring (bicyclic) bond motifs is 6. The van der Waals surface area contributed by atoms with Gasteiger partial charge in [-0.3, -0.25) is 0 Å². The molecule has 2 aliphatic rings. The maximum absolute atomic E-state index is 2.66. The predicted molar refractivity (Wildman–Crippen MR) is 384 cm³/mol. The van der Waals surface area contributed by atoms with E-state index in [4.69, 9.17) is 0 Å². The summed E-state index contributed by atoms with van der Waals surface area (Å²) < 4.78 is 0. The lowest BCUT2D eigenvalue weighted by atomic mass is 9.33. The van der Waals surface area contributed by atoms with Crippen LogP contribution in [0, 0.1) is 0 Å². The zero-order chi connectivity index (χ0) is 60.9. The molecule has 0 spiro atoms. The van der Waals surface area contributed by atoms with Gasteiger partial charge in [0.05, 0.1) is 11.4 Å². The normalized spacial score (nSPS) is 12.9. The van der Waals surface area contributed by atoms with Crippen molar-refractivity contribution in [3.8, 4) is 66.8 Å². The van der Waals surface area contributed by atoms with Gasteiger partial charge in [0, 0.05) is 33.9 Å². The Morgan fingerprint density at radius 1 is 0.236 bits per heavy atom. The summed E-state index contributed by atoms with van der Waals surface area (Å²) >= 11 is 0. The lowest BCUT2D eigenvalue weighted by Gasteiger charge is -2.46. The molecule has 15 rings (SSSR count). The average Bonchev–Trinajstić information content (AvgIpc) is 0.720. The summed E-state index contributed by atoms with van der Waals surface area (Å²) in [7, 11) is 0. The Morgan fingerprint density at radius 2 is 0.584 bits per heavy atom. The third kappa shape index (κ3) is 9.67. The van der Waals surface area contributed by atoms with Gasteiger partial charge < -0.3 is 9.80 Å². The van der Waals surface area contributed by atoms with E-state index in [1.165, 1.54) is 139 Å². The van der Waals surface area contributed by atoms with Crippen molar-refractivity contribution < 1.29 is 0 Å². The quantitative estimate of drug-likeness (QED) is 0.111. The van der Waals surface area contributed by atoms with Crippen molar-refractivity contribution in [1.82, 2.24) is 0 Å². The van der Waals surface area contributed by atoms with Crippen LogP contribution in [0.3, 0.4) is 0 Å². The highest BCUT2D eigenvalue weighted by Gasteiger charge is 2.45. The molecule has 13 aromatic carbocycles. The van der Waals surface area contributed by atoms with E-state index in [0.717, 1.165) is 16.9 Å². The molecule has 2 aliphatic heterocycles. The molecular formula is C86H73BN2. The maximum atomic E-state index is 2.66. The third-order valence-corrected chi connectivity index (χ3v) is 18.9. The largest absolute Gasteiger partial charge is 0.311 e. The fourth-order valence-corrected chi connectivity index (χ4v) is 14.2. The standard InChI is InChI=1S/C86H73BN2/c1-84(2,3)64-42-47-75(70(52-64)57-29-17-11-18-30-57)88-77-50-62(56-27-15-10-16-28-56)40-45-73(77)87-74-46-41-63(61-39-44-69-72(49-61)82(60-35-23-14-24-36-60)68-38-26-25-37-67(68)81(69)59-33-21-13-22-34-59)51-78(74)89(80-55-66(86(7,8)9)54-79(88)83(80)87)76-48-43-65(85(4,5)6)53-71(76)58-31-19-12-20-32-58/h10-55H,1-9H3. The number of anilines is 6. The van der Waals surface area contributed by atoms with Crippen LogP contribution < -0.4 is 26.2 Å². The van der Waals surface area contributed by atoms with Crippen LogP contribution >= 0.6 is 0 Å². The highest BCUT2D eigenvalue weighted by Crippen LogP contribution is 2.52. The SMILES string of the molecule is CC(C)(C)c1ccc(N2c3cc(-c4ccccc4)ccc3B3c4ccc(-c5ccc6c(-c7ccccc7)c7ccccc7c(-c7ccccc7)c6c5)cc4N(c4ccc(C(C)(C)C)cc4-c4ccccc4)c4cc(C(C)(C)C)cc2c43)c(-c2ccccc2)c1. The molecule has 0 unspecified atom stereocenters. The van der Waals surface area contributed by atoms with Crippen LogP contribution in [0.4, 0.5) is 34.1 Å². The Bertz CT molecular complexity index is 4870. The fraction of sp³-hybridized carbons (Fsp3) is 0.140. The van der Waals surface area contributed by atoms with Crippen LogP contribution in [0.2, 0.25) is 0 Å². The van der Waals surface area contributed by atoms with E-state index < -0.39 is 0 Å². The minimum atomic E-state index is -0.228. The smallest absolute Gasteiger partial charge is 0.252 e. The van der Waals surface area contributed by atoms with Crippen molar-refractivity contribution in [3.63, 3.8) is 0 Å². The van der Waals surface area contributed by atoms with E-state index in [1.54, 1.807) is 0 Å². The summed E-state index contributed by atoms with van der Waals surface area (Å²) in [6, 6.07) is 106. The lowest BCUT2D eigenvalue weighted by molar-refractivity contribution is 0.590. The Kier molecular flexibility index (Phi) is 13.4. The Hall–Kier alpha value is -9.96. The molecule has 0 N–H and O–H groups in total. The molecule has 0 aliphatic carbocycles. The molecule has 3 heteroatoms. The fourth-order valence-electron chi connectivity index (χ4n) is 14.2. The van der Waals surface area contributed by atoms with E-state index in [1.807, 2.05) is 0 Å². The first kappa shape index (κ1) is 55.6. The first-order valence-electron chi connectivity index (χ1n) is 31.7. The highest BCUT2D eigenvalue weighted by molar-refractivity contribution is 7.00. The minimum Gasteiger partial charge on any atom is -0.311 e. The summed E-state index contributed by atoms with van der Waals surface area (Å²) in [4.78, 5) is 5.31. The van der Waals surface area contributed by atoms with Gasteiger partial charge in [-0.15, -0.1) is 0 Å². The second-order valence-corrected chi connectivity index (χ2v) is 27.7. The summed E-state index contributed by atoms with van der Waals surface area (Å²) in [6.07, 6.45) is 0. The molecule has 0 fully saturated rings. The summed E-state index contributed by atoms with van der Waals surface area (Å²) in [6.45, 7) is 21.0. The summed E-state index contributed by atoms with van der Waals surface area (Å²) in [5.74, 6) is 0. The number of nitrogens with zero attached hydrogens (tertiary/aromatic N) is 2. The van der Waals surface area contributed by atoms with Crippen LogP contribution in [-0.2, 0) is 16.2 Å². The van der Waals surface area contributed by atoms with E-state index in [-0.39, 0.29) is 23.0 Å². The van der Waals surface area contributed by atoms with Gasteiger partial charge in [0.25, 0.3) is 6.71 Å². The second-order valence-electron chi connectivity index (χ2n) is 27.7. The van der Waals surface area contributed by atoms with Gasteiger partial charge >= 0.3 is 0 Å². The minimum absolute atomic E-state index is 0.0721. The molecule has 89 heavy (non-hydrogen) atoms. The van der Waals surface area contributed by atoms with Crippen molar-refractivity contribution in [2.24, 2.45) is 0 Å². The predicted octanol–water partition coefficient (Wildman–Crippen LogP) is 22.0. The maximum Gasteiger partial charge on any atom is 0.252 e. The van der Waals surface area contributed by atoms with Gasteiger partial charge in [0.15, 0.2) is 0 Å². The number of rotatable bonds is 8. The molecule has 430 valence electrons. The molecule has 0 radical (unpaired) electrons. The van der Waals surface area contributed by atoms with Crippen molar-refractivity contribution >= 4 is 78.8 Å². The first-order valence-corrected chi connectivity index (χ1v) is 31.7. The highest BCUT2D eigenvalue weighted by atomic mass is 15.2. The van der Waals surface area contributed by atoms with Crippen LogP contribution in [0.25, 0.3) is 88.3 Å². The number of benzene rings is 13. The van der Waals surface area contributed by atoms with Crippen molar-refractivity contribution in [2.75, 3.05) is 9.80 Å². The van der Waals surface area contributed by atoms with Gasteiger partial charge in [0.2, 0.25) is 0 Å². The molecule has 0 atom stereocenters. The molecule has 0 aromatic heterocycles. The van der Waals surface area contributed by atoms with Crippen LogP contribution in [0.15, 0.2) is 279 Å². The number of hydrogen-bond donors (Lipinski definition) is 0. The van der Waals surface area contributed by atoms with Gasteiger partial charge in [-0.25, -0.2) is 0 Å². The van der Waals surface area contributed by atoms with Crippen molar-refractivity contribution in [1.29, 1.82) is 0 Å². The number of hydrogen-bond acceptors (Lipinski definition) is 2. The van der Waals surface area contributed by atoms with E-state index >= 15 is 0 Å². The Labute approximate surface area is 526 Å². The second kappa shape index (κ2) is 21.4. The topological polar surface area (TPSA) is 6.48 Å². The van der Waals surface area contributed by atoms with E-state index in [2.05, 4.69) is 351 Å². The Balaban J connectivity index is 1.05. The van der Waals surface area contributed by atoms with Gasteiger partial charge in [-0.05, 0) is 181 Å². The van der Waals surface area contributed by atoms with Crippen molar-refractivity contribution in [3.05, 3.63) is 296 Å². The third-order valence-electron chi connectivity index (χ3n) is 18.9. The van der Waals surface area contributed by atoms with Crippen LogP contribution in [-0.4, -0.2) is 6.71 Å². The van der Waals surface area contributed by atoms with Gasteiger partial charge in [0.1, 0.15) is 0 Å². The monoisotopic (exact) mass is 1140 g/mol. The molecule has 0 saturated carbocycles. The molecule has 13 aromatic rings. The molecule has 2 heterocycles. The van der Waals surface area contributed by atoms with Gasteiger partial charge in [-0.1, -0.05) is 287 Å². The zero-order valence-corrected chi connectivity index (χ0v) is 52.5. The van der Waals surface area contributed by atoms with Gasteiger partial charge in [-0.2, -0.15) is 0 Å². The van der Waals surface area contributed by atoms with Crippen LogP contribution in [0.5, 0.6) is 0 Å². The van der Waals surface area contributed by atoms with Crippen LogP contribution in [0.1, 0.15) is 79.0 Å². The lowest BCUT2D eigenvalue weighted by Crippen LogP contribution is -2.61. The summed E-state index contributed by atoms with van der Waals surface area (Å²) in [5.41, 5.74) is 28.8.